The maximum atomic E-state index is 5.51. The van der Waals surface area contributed by atoms with Crippen LogP contribution in [0.3, 0.4) is 0 Å². The number of guanidine groups is 1. The van der Waals surface area contributed by atoms with Gasteiger partial charge in [0.25, 0.3) is 0 Å². The Balaban J connectivity index is 2.01. The van der Waals surface area contributed by atoms with Crippen molar-refractivity contribution in [3.8, 4) is 0 Å². The van der Waals surface area contributed by atoms with Gasteiger partial charge in [0.1, 0.15) is 0 Å². The summed E-state index contributed by atoms with van der Waals surface area (Å²) in [6, 6.07) is 2.40. The van der Waals surface area contributed by atoms with Gasteiger partial charge in [0.15, 0.2) is 0 Å². The second-order valence-corrected chi connectivity index (χ2v) is 4.79. The third-order valence-corrected chi connectivity index (χ3v) is 3.16. The average molecular weight is 247 g/mol. The molecule has 0 saturated heterocycles. The first kappa shape index (κ1) is 12.8. The number of hydrogen-bond donors (Lipinski definition) is 3. The zero-order valence-corrected chi connectivity index (χ0v) is 10.8. The normalized spacial score (nSPS) is 17.6. The van der Waals surface area contributed by atoms with Crippen molar-refractivity contribution in [3.63, 3.8) is 0 Å². The summed E-state index contributed by atoms with van der Waals surface area (Å²) in [5.74, 6) is 6.13. The number of pyridine rings is 1. The lowest BCUT2D eigenvalue weighted by atomic mass is 9.96. The predicted octanol–water partition coefficient (Wildman–Crippen LogP) is 1.95. The number of nitrogens with two attached hydrogens (primary N) is 1. The van der Waals surface area contributed by atoms with Crippen molar-refractivity contribution in [2.75, 3.05) is 5.32 Å². The van der Waals surface area contributed by atoms with Crippen LogP contribution in [0.1, 0.15) is 37.7 Å². The molecule has 1 heterocycles. The molecule has 0 aromatic carbocycles. The summed E-state index contributed by atoms with van der Waals surface area (Å²) in [4.78, 5) is 8.75. The van der Waals surface area contributed by atoms with Crippen LogP contribution in [0.25, 0.3) is 0 Å². The van der Waals surface area contributed by atoms with Crippen molar-refractivity contribution in [1.82, 2.24) is 10.4 Å². The molecule has 1 aromatic heterocycles. The van der Waals surface area contributed by atoms with Crippen molar-refractivity contribution in [1.29, 1.82) is 0 Å². The summed E-state index contributed by atoms with van der Waals surface area (Å²) in [5.41, 5.74) is 4.64. The quantitative estimate of drug-likeness (QED) is 0.323. The molecule has 0 spiro atoms. The Morgan fingerprint density at radius 3 is 2.78 bits per heavy atom. The molecule has 0 aliphatic heterocycles. The maximum Gasteiger partial charge on any atom is 0.210 e. The van der Waals surface area contributed by atoms with E-state index in [1.54, 1.807) is 6.20 Å². The summed E-state index contributed by atoms with van der Waals surface area (Å²) in [6.07, 6.45) is 9.74. The van der Waals surface area contributed by atoms with Crippen molar-refractivity contribution in [3.05, 3.63) is 24.0 Å². The van der Waals surface area contributed by atoms with Gasteiger partial charge in [-0.1, -0.05) is 19.3 Å². The molecule has 5 heteroatoms. The van der Waals surface area contributed by atoms with E-state index in [2.05, 4.69) is 20.7 Å². The molecule has 0 atom stereocenters. The predicted molar refractivity (Wildman–Crippen MR) is 74.2 cm³/mol. The number of aromatic nitrogens is 1. The molecule has 1 aliphatic carbocycles. The SMILES string of the molecule is Cc1cncc(NC(=NC2CCCCC2)NN)c1. The third-order valence-electron chi connectivity index (χ3n) is 3.16. The van der Waals surface area contributed by atoms with Crippen molar-refractivity contribution in [2.24, 2.45) is 10.8 Å². The highest BCUT2D eigenvalue weighted by Crippen LogP contribution is 2.20. The zero-order chi connectivity index (χ0) is 12.8. The van der Waals surface area contributed by atoms with Gasteiger partial charge in [-0.15, -0.1) is 0 Å². The number of anilines is 1. The minimum atomic E-state index is 0.384. The van der Waals surface area contributed by atoms with Gasteiger partial charge in [0.2, 0.25) is 5.96 Å². The second kappa shape index (κ2) is 6.35. The monoisotopic (exact) mass is 247 g/mol. The molecule has 4 N–H and O–H groups in total. The number of aryl methyl sites for hydroxylation is 1. The number of rotatable bonds is 2. The number of nitrogens with zero attached hydrogens (tertiary/aromatic N) is 2. The van der Waals surface area contributed by atoms with Crippen LogP contribution < -0.4 is 16.6 Å². The van der Waals surface area contributed by atoms with Gasteiger partial charge in [-0.3, -0.25) is 10.4 Å². The molecular formula is C13H21N5. The molecule has 18 heavy (non-hydrogen) atoms. The number of hydrogen-bond acceptors (Lipinski definition) is 3. The highest BCUT2D eigenvalue weighted by atomic mass is 15.3. The fraction of sp³-hybridized carbons (Fsp3) is 0.538. The Morgan fingerprint density at radius 2 is 2.11 bits per heavy atom. The molecule has 0 radical (unpaired) electrons. The standard InChI is InChI=1S/C13H21N5/c1-10-7-12(9-15-8-10)17-13(18-14)16-11-5-3-2-4-6-11/h7-9,11H,2-6,14H2,1H3,(H2,16,17,18). The molecule has 1 saturated carbocycles. The van der Waals surface area contributed by atoms with Crippen molar-refractivity contribution in [2.45, 2.75) is 45.1 Å². The Kier molecular flexibility index (Phi) is 4.52. The number of aliphatic imine (C=N–C) groups is 1. The van der Waals surface area contributed by atoms with Crippen molar-refractivity contribution >= 4 is 11.6 Å². The lowest BCUT2D eigenvalue weighted by Crippen LogP contribution is -2.37. The van der Waals surface area contributed by atoms with E-state index in [9.17, 15) is 0 Å². The van der Waals surface area contributed by atoms with Gasteiger partial charge in [-0.2, -0.15) is 0 Å². The van der Waals surface area contributed by atoms with Gasteiger partial charge < -0.3 is 5.32 Å². The smallest absolute Gasteiger partial charge is 0.210 e. The fourth-order valence-corrected chi connectivity index (χ4v) is 2.26. The highest BCUT2D eigenvalue weighted by molar-refractivity contribution is 5.93. The Hall–Kier alpha value is -1.62. The molecule has 98 valence electrons. The van der Waals surface area contributed by atoms with Gasteiger partial charge in [0, 0.05) is 6.20 Å². The summed E-state index contributed by atoms with van der Waals surface area (Å²) in [7, 11) is 0. The van der Waals surface area contributed by atoms with Gasteiger partial charge in [0.05, 0.1) is 17.9 Å². The Labute approximate surface area is 108 Å². The first-order chi connectivity index (χ1) is 8.78. The summed E-state index contributed by atoms with van der Waals surface area (Å²) < 4.78 is 0. The van der Waals surface area contributed by atoms with Crippen LogP contribution in [0.2, 0.25) is 0 Å². The Morgan fingerprint density at radius 1 is 1.33 bits per heavy atom. The van der Waals surface area contributed by atoms with Gasteiger partial charge in [-0.25, -0.2) is 10.8 Å². The maximum absolute atomic E-state index is 5.51. The van der Waals surface area contributed by atoms with Gasteiger partial charge in [-0.05, 0) is 31.4 Å². The van der Waals surface area contributed by atoms with E-state index in [0.717, 1.165) is 24.1 Å². The van der Waals surface area contributed by atoms with E-state index in [0.29, 0.717) is 12.0 Å². The first-order valence-electron chi connectivity index (χ1n) is 6.51. The van der Waals surface area contributed by atoms with Crippen LogP contribution in [0, 0.1) is 6.92 Å². The molecule has 0 bridgehead atoms. The lowest BCUT2D eigenvalue weighted by Gasteiger charge is -2.19. The van der Waals surface area contributed by atoms with E-state index in [1.165, 1.54) is 19.3 Å². The van der Waals surface area contributed by atoms with E-state index in [1.807, 2.05) is 19.2 Å². The summed E-state index contributed by atoms with van der Waals surface area (Å²) in [5, 5.41) is 3.17. The molecule has 0 amide bonds. The number of nitrogens with one attached hydrogen (secondary N) is 2. The van der Waals surface area contributed by atoms with Gasteiger partial charge >= 0.3 is 0 Å². The zero-order valence-electron chi connectivity index (χ0n) is 10.8. The molecule has 0 unspecified atom stereocenters. The topological polar surface area (TPSA) is 75.3 Å². The first-order valence-corrected chi connectivity index (χ1v) is 6.51. The summed E-state index contributed by atoms with van der Waals surface area (Å²) >= 11 is 0. The van der Waals surface area contributed by atoms with Crippen LogP contribution in [-0.2, 0) is 0 Å². The van der Waals surface area contributed by atoms with E-state index in [-0.39, 0.29) is 0 Å². The average Bonchev–Trinajstić information content (AvgIpc) is 2.39. The molecule has 1 aromatic rings. The molecule has 1 fully saturated rings. The minimum Gasteiger partial charge on any atom is -0.324 e. The largest absolute Gasteiger partial charge is 0.324 e. The Bertz CT molecular complexity index is 410. The molecular weight excluding hydrogens is 226 g/mol. The third kappa shape index (κ3) is 3.70. The van der Waals surface area contributed by atoms with Crippen LogP contribution in [0.4, 0.5) is 5.69 Å². The lowest BCUT2D eigenvalue weighted by molar-refractivity contribution is 0.442. The van der Waals surface area contributed by atoms with E-state index in [4.69, 9.17) is 5.84 Å². The number of hydrazine groups is 1. The van der Waals surface area contributed by atoms with Crippen LogP contribution in [0.15, 0.2) is 23.5 Å². The van der Waals surface area contributed by atoms with E-state index < -0.39 is 0 Å². The van der Waals surface area contributed by atoms with Crippen molar-refractivity contribution < 1.29 is 0 Å². The second-order valence-electron chi connectivity index (χ2n) is 4.79. The van der Waals surface area contributed by atoms with Crippen LogP contribution in [-0.4, -0.2) is 17.0 Å². The fourth-order valence-electron chi connectivity index (χ4n) is 2.26. The highest BCUT2D eigenvalue weighted by Gasteiger charge is 2.13. The molecule has 1 aliphatic rings. The van der Waals surface area contributed by atoms with Crippen LogP contribution in [0.5, 0.6) is 0 Å². The van der Waals surface area contributed by atoms with E-state index >= 15 is 0 Å². The summed E-state index contributed by atoms with van der Waals surface area (Å²) in [6.45, 7) is 2.01. The minimum absolute atomic E-state index is 0.384. The molecule has 5 nitrogen and oxygen atoms in total. The molecule has 2 rings (SSSR count). The van der Waals surface area contributed by atoms with Crippen LogP contribution >= 0.6 is 0 Å².